The van der Waals surface area contributed by atoms with Crippen LogP contribution in [0.5, 0.6) is 0 Å². The summed E-state index contributed by atoms with van der Waals surface area (Å²) in [6.07, 6.45) is 15.0. The highest BCUT2D eigenvalue weighted by Crippen LogP contribution is 2.47. The lowest BCUT2D eigenvalue weighted by Crippen LogP contribution is -2.47. The van der Waals surface area contributed by atoms with E-state index in [4.69, 9.17) is 5.11 Å². The first-order valence-electron chi connectivity index (χ1n) is 11.9. The van der Waals surface area contributed by atoms with Gasteiger partial charge in [0.2, 0.25) is 5.91 Å². The topological polar surface area (TPSA) is 78.4 Å². The van der Waals surface area contributed by atoms with Gasteiger partial charge in [0.15, 0.2) is 0 Å². The summed E-state index contributed by atoms with van der Waals surface area (Å²) in [5, 5.41) is 14.8. The Bertz CT molecular complexity index is 493. The van der Waals surface area contributed by atoms with Crippen LogP contribution in [0.25, 0.3) is 0 Å². The minimum atomic E-state index is -0.972. The predicted octanol–water partition coefficient (Wildman–Crippen LogP) is 6.27. The van der Waals surface area contributed by atoms with Crippen molar-refractivity contribution in [1.82, 2.24) is 10.6 Å². The normalized spacial score (nSPS) is 23.5. The summed E-state index contributed by atoms with van der Waals surface area (Å²) < 4.78 is 0. The van der Waals surface area contributed by atoms with Crippen molar-refractivity contribution in [3.05, 3.63) is 0 Å². The van der Waals surface area contributed by atoms with E-state index in [9.17, 15) is 9.59 Å². The average Bonchev–Trinajstić information content (AvgIpc) is 2.56. The van der Waals surface area contributed by atoms with Gasteiger partial charge in [0.25, 0.3) is 0 Å². The number of hydrogen-bond donors (Lipinski definition) is 3. The van der Waals surface area contributed by atoms with Gasteiger partial charge in [-0.15, -0.1) is 0 Å². The van der Waals surface area contributed by atoms with Crippen LogP contribution in [-0.4, -0.2) is 29.7 Å². The summed E-state index contributed by atoms with van der Waals surface area (Å²) in [5.74, 6) is 0.107. The number of amides is 2. The summed E-state index contributed by atoms with van der Waals surface area (Å²) >= 11 is 0. The van der Waals surface area contributed by atoms with Gasteiger partial charge in [-0.2, -0.15) is 0 Å². The van der Waals surface area contributed by atoms with Crippen LogP contribution in [0.15, 0.2) is 0 Å². The van der Waals surface area contributed by atoms with E-state index in [1.54, 1.807) is 0 Å². The van der Waals surface area contributed by atoms with E-state index in [2.05, 4.69) is 38.3 Å². The van der Waals surface area contributed by atoms with E-state index < -0.39 is 6.09 Å². The first kappa shape index (κ1) is 25.8. The molecule has 29 heavy (non-hydrogen) atoms. The highest BCUT2D eigenvalue weighted by molar-refractivity contribution is 5.76. The molecule has 2 amide bonds. The summed E-state index contributed by atoms with van der Waals surface area (Å²) in [6, 6.07) is -0.0731. The van der Waals surface area contributed by atoms with Gasteiger partial charge in [0.1, 0.15) is 0 Å². The van der Waals surface area contributed by atoms with E-state index >= 15 is 0 Å². The van der Waals surface area contributed by atoms with Gasteiger partial charge in [-0.25, -0.2) is 4.79 Å². The Labute approximate surface area is 178 Å². The van der Waals surface area contributed by atoms with Crippen LogP contribution in [0.3, 0.4) is 0 Å². The van der Waals surface area contributed by atoms with Crippen LogP contribution in [0, 0.1) is 10.8 Å². The molecule has 1 saturated carbocycles. The molecular formula is C24H46N2O3. The van der Waals surface area contributed by atoms with Crippen molar-refractivity contribution in [2.24, 2.45) is 10.8 Å². The quantitative estimate of drug-likeness (QED) is 0.295. The molecule has 0 spiro atoms. The van der Waals surface area contributed by atoms with Crippen molar-refractivity contribution in [3.8, 4) is 0 Å². The molecule has 0 aromatic carbocycles. The molecule has 0 bridgehead atoms. The minimum absolute atomic E-state index is 0.0386. The molecule has 5 nitrogen and oxygen atoms in total. The van der Waals surface area contributed by atoms with Crippen LogP contribution in [0.2, 0.25) is 0 Å². The Kier molecular flexibility index (Phi) is 11.7. The fraction of sp³-hybridized carbons (Fsp3) is 0.917. The third kappa shape index (κ3) is 12.1. The van der Waals surface area contributed by atoms with Crippen molar-refractivity contribution < 1.29 is 14.7 Å². The van der Waals surface area contributed by atoms with Gasteiger partial charge in [-0.05, 0) is 36.5 Å². The third-order valence-corrected chi connectivity index (χ3v) is 6.21. The fourth-order valence-corrected chi connectivity index (χ4v) is 5.34. The molecule has 3 N–H and O–H groups in total. The number of hydrogen-bond acceptors (Lipinski definition) is 2. The lowest BCUT2D eigenvalue weighted by atomic mass is 9.61. The highest BCUT2D eigenvalue weighted by Gasteiger charge is 2.42. The first-order chi connectivity index (χ1) is 13.7. The van der Waals surface area contributed by atoms with E-state index in [0.717, 1.165) is 32.2 Å². The summed E-state index contributed by atoms with van der Waals surface area (Å²) in [5.41, 5.74) is -0.117. The SMILES string of the molecule is CCCCCCCCCCCCNC(=O)CC1(C)CC(NC(=O)O)CC(C)(C)C1. The molecule has 5 heteroatoms. The van der Waals surface area contributed by atoms with Crippen LogP contribution in [0.1, 0.15) is 118 Å². The third-order valence-electron chi connectivity index (χ3n) is 6.21. The van der Waals surface area contributed by atoms with E-state index in [1.165, 1.54) is 57.8 Å². The Morgan fingerprint density at radius 2 is 1.45 bits per heavy atom. The number of nitrogens with one attached hydrogen (secondary N) is 2. The number of rotatable bonds is 14. The maximum absolute atomic E-state index is 12.5. The monoisotopic (exact) mass is 410 g/mol. The van der Waals surface area contributed by atoms with Crippen molar-refractivity contribution in [3.63, 3.8) is 0 Å². The minimum Gasteiger partial charge on any atom is -0.465 e. The van der Waals surface area contributed by atoms with E-state index in [1.807, 2.05) is 0 Å². The molecule has 2 unspecified atom stereocenters. The summed E-state index contributed by atoms with van der Waals surface area (Å²) in [7, 11) is 0. The molecule has 0 aromatic rings. The van der Waals surface area contributed by atoms with E-state index in [-0.39, 0.29) is 22.8 Å². The smallest absolute Gasteiger partial charge is 0.404 e. The molecule has 0 radical (unpaired) electrons. The second-order valence-corrected chi connectivity index (χ2v) is 10.4. The zero-order valence-corrected chi connectivity index (χ0v) is 19.4. The molecule has 2 atom stereocenters. The maximum atomic E-state index is 12.5. The Balaban J connectivity index is 2.19. The molecule has 170 valence electrons. The summed E-state index contributed by atoms with van der Waals surface area (Å²) in [4.78, 5) is 23.5. The number of unbranched alkanes of at least 4 members (excludes halogenated alkanes) is 9. The maximum Gasteiger partial charge on any atom is 0.404 e. The lowest BCUT2D eigenvalue weighted by Gasteiger charge is -2.46. The Morgan fingerprint density at radius 1 is 0.897 bits per heavy atom. The van der Waals surface area contributed by atoms with Crippen LogP contribution in [0.4, 0.5) is 4.79 Å². The van der Waals surface area contributed by atoms with Gasteiger partial charge in [0.05, 0.1) is 0 Å². The Morgan fingerprint density at radius 3 is 2.00 bits per heavy atom. The van der Waals surface area contributed by atoms with Crippen LogP contribution < -0.4 is 10.6 Å². The number of carboxylic acid groups (broad SMARTS) is 1. The summed E-state index contributed by atoms with van der Waals surface area (Å²) in [6.45, 7) is 9.48. The molecule has 0 aromatic heterocycles. The van der Waals surface area contributed by atoms with Crippen molar-refractivity contribution in [2.75, 3.05) is 6.54 Å². The van der Waals surface area contributed by atoms with E-state index in [0.29, 0.717) is 6.42 Å². The largest absolute Gasteiger partial charge is 0.465 e. The van der Waals surface area contributed by atoms with Crippen LogP contribution >= 0.6 is 0 Å². The standard InChI is InChI=1S/C24H46N2O3/c1-5-6-7-8-9-10-11-12-13-14-15-25-21(27)18-24(4)17-20(26-22(28)29)16-23(2,3)19-24/h20,26H,5-19H2,1-4H3,(H,25,27)(H,28,29). The zero-order valence-electron chi connectivity index (χ0n) is 19.4. The van der Waals surface area contributed by atoms with Crippen LogP contribution in [-0.2, 0) is 4.79 Å². The van der Waals surface area contributed by atoms with Gasteiger partial charge in [-0.3, -0.25) is 4.79 Å². The van der Waals surface area contributed by atoms with Crippen molar-refractivity contribution in [1.29, 1.82) is 0 Å². The average molecular weight is 411 g/mol. The molecule has 0 heterocycles. The van der Waals surface area contributed by atoms with Crippen molar-refractivity contribution in [2.45, 2.75) is 124 Å². The van der Waals surface area contributed by atoms with Crippen molar-refractivity contribution >= 4 is 12.0 Å². The molecule has 1 aliphatic rings. The highest BCUT2D eigenvalue weighted by atomic mass is 16.4. The molecular weight excluding hydrogens is 364 g/mol. The van der Waals surface area contributed by atoms with Gasteiger partial charge < -0.3 is 15.7 Å². The second kappa shape index (κ2) is 13.1. The molecule has 0 aliphatic heterocycles. The lowest BCUT2D eigenvalue weighted by molar-refractivity contribution is -0.124. The Hall–Kier alpha value is -1.26. The van der Waals surface area contributed by atoms with Gasteiger partial charge in [0, 0.05) is 19.0 Å². The second-order valence-electron chi connectivity index (χ2n) is 10.4. The first-order valence-corrected chi connectivity index (χ1v) is 11.9. The molecule has 1 aliphatic carbocycles. The fourth-order valence-electron chi connectivity index (χ4n) is 5.34. The number of carbonyl (C=O) groups is 2. The molecule has 1 rings (SSSR count). The molecule has 0 saturated heterocycles. The van der Waals surface area contributed by atoms with Gasteiger partial charge in [-0.1, -0.05) is 85.5 Å². The molecule has 1 fully saturated rings. The van der Waals surface area contributed by atoms with Gasteiger partial charge >= 0.3 is 6.09 Å². The number of carbonyl (C=O) groups excluding carboxylic acids is 1. The zero-order chi connectivity index (χ0) is 21.8. The predicted molar refractivity (Wildman–Crippen MR) is 120 cm³/mol.